The van der Waals surface area contributed by atoms with Gasteiger partial charge in [0.1, 0.15) is 12.4 Å². The summed E-state index contributed by atoms with van der Waals surface area (Å²) in [7, 11) is -4.67. The van der Waals surface area contributed by atoms with Crippen LogP contribution in [0.3, 0.4) is 0 Å². The van der Waals surface area contributed by atoms with Gasteiger partial charge in [-0.3, -0.25) is 0 Å². The standard InChI is InChI=1S/C20H26N2O7S2/c1-15-7-8-16(13-18(15)30(24,25)22-11-5-4-6-12-22)20(23)28-14-17-9-10-19(29-17)31(26,27)21(2)3/h7-10,13H,4-6,11-12,14H2,1-3H3. The van der Waals surface area contributed by atoms with E-state index in [9.17, 15) is 21.6 Å². The number of aryl methyl sites for hydroxylation is 1. The van der Waals surface area contributed by atoms with Crippen molar-refractivity contribution in [1.29, 1.82) is 0 Å². The molecule has 0 N–H and O–H groups in total. The van der Waals surface area contributed by atoms with E-state index < -0.39 is 26.0 Å². The molecule has 1 aliphatic rings. The number of nitrogens with zero attached hydrogens (tertiary/aromatic N) is 2. The third kappa shape index (κ3) is 5.00. The predicted molar refractivity (Wildman–Crippen MR) is 112 cm³/mol. The molecule has 1 aromatic carbocycles. The van der Waals surface area contributed by atoms with Crippen molar-refractivity contribution in [2.75, 3.05) is 27.2 Å². The monoisotopic (exact) mass is 470 g/mol. The number of carbonyl (C=O) groups is 1. The number of esters is 1. The van der Waals surface area contributed by atoms with Crippen LogP contribution in [-0.2, 0) is 31.4 Å². The van der Waals surface area contributed by atoms with Crippen LogP contribution in [0.15, 0.2) is 44.7 Å². The maximum atomic E-state index is 13.0. The average molecular weight is 471 g/mol. The molecule has 0 atom stereocenters. The first-order chi connectivity index (χ1) is 14.5. The molecule has 0 spiro atoms. The summed E-state index contributed by atoms with van der Waals surface area (Å²) in [5.41, 5.74) is 0.639. The van der Waals surface area contributed by atoms with E-state index in [1.165, 1.54) is 42.7 Å². The van der Waals surface area contributed by atoms with E-state index in [-0.39, 0.29) is 27.9 Å². The summed E-state index contributed by atoms with van der Waals surface area (Å²) in [6, 6.07) is 7.09. The molecule has 2 aromatic rings. The molecule has 170 valence electrons. The first-order valence-electron chi connectivity index (χ1n) is 9.82. The highest BCUT2D eigenvalue weighted by atomic mass is 32.2. The Bertz CT molecular complexity index is 1160. The van der Waals surface area contributed by atoms with Gasteiger partial charge in [-0.05, 0) is 49.6 Å². The molecular weight excluding hydrogens is 444 g/mol. The number of hydrogen-bond acceptors (Lipinski definition) is 7. The molecular formula is C20H26N2O7S2. The smallest absolute Gasteiger partial charge is 0.338 e. The zero-order valence-corrected chi connectivity index (χ0v) is 19.3. The quantitative estimate of drug-likeness (QED) is 0.571. The molecule has 0 aliphatic carbocycles. The normalized spacial score (nSPS) is 15.9. The van der Waals surface area contributed by atoms with E-state index in [2.05, 4.69) is 0 Å². The van der Waals surface area contributed by atoms with Crippen LogP contribution in [0.25, 0.3) is 0 Å². The Hall–Kier alpha value is -2.21. The fourth-order valence-corrected chi connectivity index (χ4v) is 5.80. The van der Waals surface area contributed by atoms with Crippen LogP contribution in [-0.4, -0.2) is 58.6 Å². The Morgan fingerprint density at radius 2 is 1.74 bits per heavy atom. The molecule has 2 heterocycles. The maximum absolute atomic E-state index is 13.0. The molecule has 9 nitrogen and oxygen atoms in total. The fourth-order valence-electron chi connectivity index (χ4n) is 3.22. The summed E-state index contributed by atoms with van der Waals surface area (Å²) in [4.78, 5) is 12.6. The summed E-state index contributed by atoms with van der Waals surface area (Å²) in [6.07, 6.45) is 2.63. The van der Waals surface area contributed by atoms with Crippen LogP contribution in [0, 0.1) is 6.92 Å². The summed E-state index contributed by atoms with van der Waals surface area (Å²) >= 11 is 0. The number of hydrogen-bond donors (Lipinski definition) is 0. The lowest BCUT2D eigenvalue weighted by Gasteiger charge is -2.26. The molecule has 0 amide bonds. The predicted octanol–water partition coefficient (Wildman–Crippen LogP) is 2.37. The second-order valence-electron chi connectivity index (χ2n) is 7.53. The minimum atomic E-state index is -3.73. The largest absolute Gasteiger partial charge is 0.454 e. The number of ether oxygens (including phenoxy) is 1. The topological polar surface area (TPSA) is 114 Å². The Morgan fingerprint density at radius 1 is 1.06 bits per heavy atom. The number of benzene rings is 1. The molecule has 0 saturated carbocycles. The van der Waals surface area contributed by atoms with Crippen LogP contribution in [0.2, 0.25) is 0 Å². The molecule has 1 fully saturated rings. The van der Waals surface area contributed by atoms with Gasteiger partial charge in [-0.1, -0.05) is 12.5 Å². The van der Waals surface area contributed by atoms with Crippen LogP contribution in [0.1, 0.15) is 40.9 Å². The molecule has 31 heavy (non-hydrogen) atoms. The van der Waals surface area contributed by atoms with E-state index in [0.717, 1.165) is 23.6 Å². The zero-order valence-electron chi connectivity index (χ0n) is 17.7. The molecule has 0 unspecified atom stereocenters. The van der Waals surface area contributed by atoms with Gasteiger partial charge in [0.15, 0.2) is 0 Å². The lowest BCUT2D eigenvalue weighted by molar-refractivity contribution is 0.0440. The van der Waals surface area contributed by atoms with Crippen molar-refractivity contribution in [3.05, 3.63) is 47.2 Å². The Labute approximate surface area is 182 Å². The van der Waals surface area contributed by atoms with Gasteiger partial charge in [0.05, 0.1) is 10.5 Å². The van der Waals surface area contributed by atoms with Crippen molar-refractivity contribution in [2.24, 2.45) is 0 Å². The van der Waals surface area contributed by atoms with Crippen LogP contribution in [0.5, 0.6) is 0 Å². The van der Waals surface area contributed by atoms with E-state index in [4.69, 9.17) is 9.15 Å². The van der Waals surface area contributed by atoms with Crippen LogP contribution >= 0.6 is 0 Å². The third-order valence-electron chi connectivity index (χ3n) is 5.07. The zero-order chi connectivity index (χ0) is 22.8. The Kier molecular flexibility index (Phi) is 6.89. The van der Waals surface area contributed by atoms with Gasteiger partial charge in [0, 0.05) is 27.2 Å². The van der Waals surface area contributed by atoms with Gasteiger partial charge in [0.25, 0.3) is 10.0 Å². The highest BCUT2D eigenvalue weighted by Crippen LogP contribution is 2.25. The maximum Gasteiger partial charge on any atom is 0.338 e. The number of furan rings is 1. The van der Waals surface area contributed by atoms with Crippen molar-refractivity contribution in [3.8, 4) is 0 Å². The van der Waals surface area contributed by atoms with Gasteiger partial charge < -0.3 is 9.15 Å². The molecule has 0 radical (unpaired) electrons. The van der Waals surface area contributed by atoms with Gasteiger partial charge in [-0.25, -0.2) is 25.9 Å². The van der Waals surface area contributed by atoms with Gasteiger partial charge >= 0.3 is 5.97 Å². The highest BCUT2D eigenvalue weighted by molar-refractivity contribution is 7.89. The second-order valence-corrected chi connectivity index (χ2v) is 11.5. The van der Waals surface area contributed by atoms with E-state index in [1.807, 2.05) is 0 Å². The van der Waals surface area contributed by atoms with Crippen LogP contribution < -0.4 is 0 Å². The molecule has 3 rings (SSSR count). The van der Waals surface area contributed by atoms with Crippen molar-refractivity contribution < 1.29 is 30.8 Å². The SMILES string of the molecule is Cc1ccc(C(=O)OCc2ccc(S(=O)(=O)N(C)C)o2)cc1S(=O)(=O)N1CCCCC1. The van der Waals surface area contributed by atoms with E-state index >= 15 is 0 Å². The third-order valence-corrected chi connectivity index (χ3v) is 8.80. The van der Waals surface area contributed by atoms with Crippen molar-refractivity contribution in [1.82, 2.24) is 8.61 Å². The van der Waals surface area contributed by atoms with E-state index in [1.54, 1.807) is 13.0 Å². The first kappa shape index (κ1) is 23.5. The van der Waals surface area contributed by atoms with Gasteiger partial charge in [0.2, 0.25) is 15.1 Å². The Balaban J connectivity index is 1.75. The lowest BCUT2D eigenvalue weighted by atomic mass is 10.1. The minimum absolute atomic E-state index is 0.0845. The summed E-state index contributed by atoms with van der Waals surface area (Å²) in [6.45, 7) is 2.33. The van der Waals surface area contributed by atoms with Crippen LogP contribution in [0.4, 0.5) is 0 Å². The van der Waals surface area contributed by atoms with Crippen molar-refractivity contribution in [3.63, 3.8) is 0 Å². The molecule has 0 bridgehead atoms. The summed E-state index contributed by atoms with van der Waals surface area (Å²) < 4.78 is 63.1. The summed E-state index contributed by atoms with van der Waals surface area (Å²) in [5, 5.41) is -0.256. The first-order valence-corrected chi connectivity index (χ1v) is 12.7. The number of piperidine rings is 1. The van der Waals surface area contributed by atoms with Gasteiger partial charge in [-0.15, -0.1) is 0 Å². The molecule has 1 aliphatic heterocycles. The highest BCUT2D eigenvalue weighted by Gasteiger charge is 2.28. The van der Waals surface area contributed by atoms with Crippen molar-refractivity contribution in [2.45, 2.75) is 42.8 Å². The summed E-state index contributed by atoms with van der Waals surface area (Å²) in [5.74, 6) is -0.578. The molecule has 11 heteroatoms. The number of carbonyl (C=O) groups excluding carboxylic acids is 1. The lowest BCUT2D eigenvalue weighted by Crippen LogP contribution is -2.36. The van der Waals surface area contributed by atoms with Crippen molar-refractivity contribution >= 4 is 26.0 Å². The second kappa shape index (κ2) is 9.11. The number of sulfonamides is 2. The molecule has 1 saturated heterocycles. The molecule has 1 aromatic heterocycles. The van der Waals surface area contributed by atoms with Gasteiger partial charge in [-0.2, -0.15) is 4.31 Å². The minimum Gasteiger partial charge on any atom is -0.454 e. The fraction of sp³-hybridized carbons (Fsp3) is 0.450. The average Bonchev–Trinajstić information content (AvgIpc) is 3.22. The Morgan fingerprint density at radius 3 is 2.39 bits per heavy atom. The number of rotatable bonds is 7. The van der Waals surface area contributed by atoms with E-state index in [0.29, 0.717) is 18.7 Å².